The number of methoxy groups -OCH3 is 1. The van der Waals surface area contributed by atoms with E-state index in [9.17, 15) is 9.59 Å². The van der Waals surface area contributed by atoms with Crippen LogP contribution in [0.2, 0.25) is 0 Å². The molecule has 1 aromatic rings. The minimum Gasteiger partial charge on any atom is -0.495 e. The van der Waals surface area contributed by atoms with Crippen LogP contribution in [-0.2, 0) is 9.53 Å². The van der Waals surface area contributed by atoms with Gasteiger partial charge in [-0.15, -0.1) is 0 Å². The van der Waals surface area contributed by atoms with Gasteiger partial charge in [0.25, 0.3) is 0 Å². The summed E-state index contributed by atoms with van der Waals surface area (Å²) in [6.45, 7) is 6.09. The van der Waals surface area contributed by atoms with Crippen molar-refractivity contribution in [2.45, 2.75) is 58.5 Å². The van der Waals surface area contributed by atoms with Crippen molar-refractivity contribution in [3.8, 4) is 5.75 Å². The molecule has 0 heterocycles. The molecule has 0 aliphatic rings. The van der Waals surface area contributed by atoms with Crippen LogP contribution in [0.1, 0.15) is 52.9 Å². The number of nitrogens with one attached hydrogen (secondary N) is 2. The third-order valence-electron chi connectivity index (χ3n) is 3.38. The third kappa shape index (κ3) is 9.59. The number of hydrogen-bond acceptors (Lipinski definition) is 4. The second-order valence-electron chi connectivity index (χ2n) is 6.84. The van der Waals surface area contributed by atoms with Crippen LogP contribution in [0, 0.1) is 0 Å². The number of hydrogen-bond donors (Lipinski definition) is 2. The Kier molecular flexibility index (Phi) is 8.81. The summed E-state index contributed by atoms with van der Waals surface area (Å²) in [7, 11) is 1.58. The minimum atomic E-state index is -0.473. The molecule has 140 valence electrons. The molecule has 0 atom stereocenters. The molecule has 1 aromatic carbocycles. The van der Waals surface area contributed by atoms with Crippen LogP contribution in [0.3, 0.4) is 0 Å². The van der Waals surface area contributed by atoms with Gasteiger partial charge in [0.05, 0.1) is 12.8 Å². The average molecular weight is 350 g/mol. The predicted octanol–water partition coefficient (Wildman–Crippen LogP) is 4.11. The predicted molar refractivity (Wildman–Crippen MR) is 98.9 cm³/mol. The molecule has 25 heavy (non-hydrogen) atoms. The summed E-state index contributed by atoms with van der Waals surface area (Å²) < 4.78 is 10.4. The van der Waals surface area contributed by atoms with Gasteiger partial charge < -0.3 is 20.1 Å². The van der Waals surface area contributed by atoms with E-state index in [2.05, 4.69) is 10.6 Å². The summed E-state index contributed by atoms with van der Waals surface area (Å²) in [6, 6.07) is 7.35. The molecule has 0 unspecified atom stereocenters. The number of para-hydroxylation sites is 2. The molecule has 6 nitrogen and oxygen atoms in total. The highest BCUT2D eigenvalue weighted by molar-refractivity contribution is 5.92. The molecule has 2 amide bonds. The Morgan fingerprint density at radius 3 is 2.40 bits per heavy atom. The van der Waals surface area contributed by atoms with Crippen molar-refractivity contribution in [1.29, 1.82) is 0 Å². The Morgan fingerprint density at radius 2 is 1.72 bits per heavy atom. The van der Waals surface area contributed by atoms with Gasteiger partial charge >= 0.3 is 6.09 Å². The van der Waals surface area contributed by atoms with Gasteiger partial charge in [-0.05, 0) is 45.7 Å². The summed E-state index contributed by atoms with van der Waals surface area (Å²) in [5, 5.41) is 5.59. The number of rotatable bonds is 9. The van der Waals surface area contributed by atoms with Gasteiger partial charge in [0.1, 0.15) is 11.4 Å². The van der Waals surface area contributed by atoms with Gasteiger partial charge in [-0.2, -0.15) is 0 Å². The van der Waals surface area contributed by atoms with Crippen molar-refractivity contribution in [3.63, 3.8) is 0 Å². The molecule has 0 aromatic heterocycles. The Balaban J connectivity index is 2.10. The molecule has 0 radical (unpaired) electrons. The first kappa shape index (κ1) is 20.8. The SMILES string of the molecule is COc1ccccc1NC(=O)CCCCCCNC(=O)OC(C)(C)C. The second-order valence-corrected chi connectivity index (χ2v) is 6.84. The maximum absolute atomic E-state index is 12.0. The summed E-state index contributed by atoms with van der Waals surface area (Å²) in [4.78, 5) is 23.4. The Bertz CT molecular complexity index is 553. The molecule has 0 bridgehead atoms. The lowest BCUT2D eigenvalue weighted by Crippen LogP contribution is -2.32. The molecule has 6 heteroatoms. The molecule has 0 aliphatic heterocycles. The molecular formula is C19H30N2O4. The smallest absolute Gasteiger partial charge is 0.407 e. The van der Waals surface area contributed by atoms with Crippen LogP contribution >= 0.6 is 0 Å². The average Bonchev–Trinajstić information content (AvgIpc) is 2.52. The van der Waals surface area contributed by atoms with Crippen LogP contribution in [0.25, 0.3) is 0 Å². The van der Waals surface area contributed by atoms with E-state index >= 15 is 0 Å². The second kappa shape index (κ2) is 10.6. The first-order chi connectivity index (χ1) is 11.8. The Morgan fingerprint density at radius 1 is 1.04 bits per heavy atom. The molecular weight excluding hydrogens is 320 g/mol. The quantitative estimate of drug-likeness (QED) is 0.657. The van der Waals surface area contributed by atoms with E-state index in [0.29, 0.717) is 24.4 Å². The molecule has 2 N–H and O–H groups in total. The maximum atomic E-state index is 12.0. The Hall–Kier alpha value is -2.24. The summed E-state index contributed by atoms with van der Waals surface area (Å²) >= 11 is 0. The van der Waals surface area contributed by atoms with Crippen molar-refractivity contribution >= 4 is 17.7 Å². The van der Waals surface area contributed by atoms with Crippen LogP contribution < -0.4 is 15.4 Å². The van der Waals surface area contributed by atoms with Crippen LogP contribution in [0.4, 0.5) is 10.5 Å². The van der Waals surface area contributed by atoms with Gasteiger partial charge in [0.15, 0.2) is 0 Å². The zero-order chi connectivity index (χ0) is 18.7. The van der Waals surface area contributed by atoms with Crippen molar-refractivity contribution in [2.24, 2.45) is 0 Å². The molecule has 0 saturated carbocycles. The summed E-state index contributed by atoms with van der Waals surface area (Å²) in [6.07, 6.45) is 3.66. The first-order valence-corrected chi connectivity index (χ1v) is 8.71. The van der Waals surface area contributed by atoms with Gasteiger partial charge in [0, 0.05) is 13.0 Å². The van der Waals surface area contributed by atoms with E-state index in [1.54, 1.807) is 7.11 Å². The fourth-order valence-electron chi connectivity index (χ4n) is 2.23. The third-order valence-corrected chi connectivity index (χ3v) is 3.38. The van der Waals surface area contributed by atoms with Crippen molar-refractivity contribution in [3.05, 3.63) is 24.3 Å². The van der Waals surface area contributed by atoms with E-state index in [1.165, 1.54) is 0 Å². The van der Waals surface area contributed by atoms with Gasteiger partial charge in [0.2, 0.25) is 5.91 Å². The van der Waals surface area contributed by atoms with E-state index in [-0.39, 0.29) is 12.0 Å². The highest BCUT2D eigenvalue weighted by Gasteiger charge is 2.15. The monoisotopic (exact) mass is 350 g/mol. The van der Waals surface area contributed by atoms with Crippen LogP contribution in [0.15, 0.2) is 24.3 Å². The van der Waals surface area contributed by atoms with Crippen molar-refractivity contribution < 1.29 is 19.1 Å². The first-order valence-electron chi connectivity index (χ1n) is 8.71. The lowest BCUT2D eigenvalue weighted by atomic mass is 10.1. The number of alkyl carbamates (subject to hydrolysis) is 1. The van der Waals surface area contributed by atoms with E-state index in [1.807, 2.05) is 45.0 Å². The zero-order valence-corrected chi connectivity index (χ0v) is 15.7. The fourth-order valence-corrected chi connectivity index (χ4v) is 2.23. The standard InChI is InChI=1S/C19H30N2O4/c1-19(2,3)25-18(23)20-14-10-6-5-7-13-17(22)21-15-11-8-9-12-16(15)24-4/h8-9,11-12H,5-7,10,13-14H2,1-4H3,(H,20,23)(H,21,22). The molecule has 0 fully saturated rings. The number of carbonyl (C=O) groups excluding carboxylic acids is 2. The number of amides is 2. The number of unbranched alkanes of at least 4 members (excludes halogenated alkanes) is 3. The zero-order valence-electron chi connectivity index (χ0n) is 15.7. The number of ether oxygens (including phenoxy) is 2. The minimum absolute atomic E-state index is 0.0172. The van der Waals surface area contributed by atoms with Crippen molar-refractivity contribution in [1.82, 2.24) is 5.32 Å². The highest BCUT2D eigenvalue weighted by Crippen LogP contribution is 2.23. The van der Waals surface area contributed by atoms with Gasteiger partial charge in [-0.3, -0.25) is 4.79 Å². The van der Waals surface area contributed by atoms with Crippen LogP contribution in [-0.4, -0.2) is 31.3 Å². The van der Waals surface area contributed by atoms with Gasteiger partial charge in [-0.1, -0.05) is 25.0 Å². The van der Waals surface area contributed by atoms with E-state index in [4.69, 9.17) is 9.47 Å². The normalized spacial score (nSPS) is 10.9. The maximum Gasteiger partial charge on any atom is 0.407 e. The summed E-state index contributed by atoms with van der Waals surface area (Å²) in [5.41, 5.74) is 0.218. The lowest BCUT2D eigenvalue weighted by Gasteiger charge is -2.19. The number of carbonyl (C=O) groups is 2. The lowest BCUT2D eigenvalue weighted by molar-refractivity contribution is -0.116. The topological polar surface area (TPSA) is 76.7 Å². The van der Waals surface area contributed by atoms with Crippen LogP contribution in [0.5, 0.6) is 5.75 Å². The summed E-state index contributed by atoms with van der Waals surface area (Å²) in [5.74, 6) is 0.639. The van der Waals surface area contributed by atoms with E-state index in [0.717, 1.165) is 25.7 Å². The molecule has 0 saturated heterocycles. The largest absolute Gasteiger partial charge is 0.495 e. The number of benzene rings is 1. The molecule has 1 rings (SSSR count). The molecule has 0 aliphatic carbocycles. The fraction of sp³-hybridized carbons (Fsp3) is 0.579. The molecule has 0 spiro atoms. The van der Waals surface area contributed by atoms with Crippen molar-refractivity contribution in [2.75, 3.05) is 19.0 Å². The highest BCUT2D eigenvalue weighted by atomic mass is 16.6. The van der Waals surface area contributed by atoms with Gasteiger partial charge in [-0.25, -0.2) is 4.79 Å². The Labute approximate surface area is 150 Å². The van der Waals surface area contributed by atoms with E-state index < -0.39 is 5.60 Å². The number of anilines is 1.